The standard InChI is InChI=1S/C18H23N3O2/c1-2-21-9-8-16(20-21)18(23)19-17(14-11-15(22)12-14)10-13-6-4-3-5-7-13/h3-9,14-15,17,22H,2,10-12H2,1H3,(H,19,23). The minimum absolute atomic E-state index is 0.0278. The molecule has 0 spiro atoms. The SMILES string of the molecule is CCn1ccc(C(=O)NC(Cc2ccccc2)C2CC(O)C2)n1. The minimum Gasteiger partial charge on any atom is -0.393 e. The van der Waals surface area contributed by atoms with Crippen LogP contribution in [0.5, 0.6) is 0 Å². The molecular formula is C18H23N3O2. The Labute approximate surface area is 136 Å². The minimum atomic E-state index is -0.227. The molecule has 0 radical (unpaired) electrons. The summed E-state index contributed by atoms with van der Waals surface area (Å²) in [6.45, 7) is 2.73. The van der Waals surface area contributed by atoms with Gasteiger partial charge in [-0.05, 0) is 43.7 Å². The maximum absolute atomic E-state index is 12.5. The Morgan fingerprint density at radius 1 is 1.35 bits per heavy atom. The Hall–Kier alpha value is -2.14. The highest BCUT2D eigenvalue weighted by Gasteiger charge is 2.35. The number of hydrogen-bond acceptors (Lipinski definition) is 3. The van der Waals surface area contributed by atoms with E-state index in [1.54, 1.807) is 10.7 Å². The highest BCUT2D eigenvalue weighted by molar-refractivity contribution is 5.92. The molecule has 1 aliphatic carbocycles. The molecule has 2 N–H and O–H groups in total. The first-order valence-electron chi connectivity index (χ1n) is 8.22. The van der Waals surface area contributed by atoms with Crippen molar-refractivity contribution >= 4 is 5.91 Å². The van der Waals surface area contributed by atoms with Crippen LogP contribution in [0.4, 0.5) is 0 Å². The van der Waals surface area contributed by atoms with Gasteiger partial charge in [-0.1, -0.05) is 30.3 Å². The molecule has 3 rings (SSSR count). The Kier molecular flexibility index (Phi) is 4.76. The molecule has 0 saturated heterocycles. The average Bonchev–Trinajstić information content (AvgIpc) is 3.01. The Morgan fingerprint density at radius 3 is 2.70 bits per heavy atom. The lowest BCUT2D eigenvalue weighted by atomic mass is 9.75. The third kappa shape index (κ3) is 3.79. The van der Waals surface area contributed by atoms with Crippen molar-refractivity contribution in [3.8, 4) is 0 Å². The fourth-order valence-corrected chi connectivity index (χ4v) is 3.06. The molecule has 1 amide bonds. The lowest BCUT2D eigenvalue weighted by molar-refractivity contribution is 0.0238. The molecule has 5 nitrogen and oxygen atoms in total. The van der Waals surface area contributed by atoms with Gasteiger partial charge in [-0.15, -0.1) is 0 Å². The maximum Gasteiger partial charge on any atom is 0.272 e. The van der Waals surface area contributed by atoms with Gasteiger partial charge in [0, 0.05) is 18.8 Å². The fourth-order valence-electron chi connectivity index (χ4n) is 3.06. The van der Waals surface area contributed by atoms with E-state index in [1.807, 2.05) is 31.3 Å². The van der Waals surface area contributed by atoms with E-state index in [4.69, 9.17) is 0 Å². The third-order valence-electron chi connectivity index (χ3n) is 4.53. The summed E-state index contributed by atoms with van der Waals surface area (Å²) in [7, 11) is 0. The summed E-state index contributed by atoms with van der Waals surface area (Å²) >= 11 is 0. The van der Waals surface area contributed by atoms with Crippen molar-refractivity contribution in [2.75, 3.05) is 0 Å². The first-order valence-corrected chi connectivity index (χ1v) is 8.22. The van der Waals surface area contributed by atoms with Crippen LogP contribution in [-0.2, 0) is 13.0 Å². The van der Waals surface area contributed by atoms with Crippen molar-refractivity contribution < 1.29 is 9.90 Å². The molecule has 1 unspecified atom stereocenters. The average molecular weight is 313 g/mol. The molecule has 1 aromatic carbocycles. The van der Waals surface area contributed by atoms with Gasteiger partial charge in [-0.2, -0.15) is 5.10 Å². The number of carbonyl (C=O) groups excluding carboxylic acids is 1. The number of benzene rings is 1. The van der Waals surface area contributed by atoms with E-state index in [2.05, 4.69) is 22.5 Å². The number of nitrogens with one attached hydrogen (secondary N) is 1. The van der Waals surface area contributed by atoms with Crippen LogP contribution in [0.2, 0.25) is 0 Å². The number of carbonyl (C=O) groups is 1. The van der Waals surface area contributed by atoms with Crippen LogP contribution in [0.3, 0.4) is 0 Å². The van der Waals surface area contributed by atoms with E-state index in [1.165, 1.54) is 5.56 Å². The number of nitrogens with zero attached hydrogens (tertiary/aromatic N) is 2. The van der Waals surface area contributed by atoms with Crippen molar-refractivity contribution in [3.05, 3.63) is 53.9 Å². The van der Waals surface area contributed by atoms with E-state index in [0.717, 1.165) is 25.8 Å². The van der Waals surface area contributed by atoms with E-state index < -0.39 is 0 Å². The molecule has 1 saturated carbocycles. The van der Waals surface area contributed by atoms with Gasteiger partial charge in [0.25, 0.3) is 5.91 Å². The second-order valence-electron chi connectivity index (χ2n) is 6.21. The zero-order chi connectivity index (χ0) is 16.2. The van der Waals surface area contributed by atoms with E-state index >= 15 is 0 Å². The Balaban J connectivity index is 1.69. The Morgan fingerprint density at radius 2 is 2.09 bits per heavy atom. The molecule has 1 aromatic heterocycles. The molecule has 0 bridgehead atoms. The van der Waals surface area contributed by atoms with E-state index in [9.17, 15) is 9.90 Å². The number of hydrogen-bond donors (Lipinski definition) is 2. The molecule has 1 aliphatic rings. The lowest BCUT2D eigenvalue weighted by Crippen LogP contribution is -2.48. The lowest BCUT2D eigenvalue weighted by Gasteiger charge is -2.38. The monoisotopic (exact) mass is 313 g/mol. The van der Waals surface area contributed by atoms with Crippen molar-refractivity contribution in [3.63, 3.8) is 0 Å². The summed E-state index contributed by atoms with van der Waals surface area (Å²) in [5.74, 6) is 0.182. The highest BCUT2D eigenvalue weighted by Crippen LogP contribution is 2.31. The third-order valence-corrected chi connectivity index (χ3v) is 4.53. The van der Waals surface area contributed by atoms with Gasteiger partial charge in [0.05, 0.1) is 6.10 Å². The number of aliphatic hydroxyl groups is 1. The molecule has 1 fully saturated rings. The summed E-state index contributed by atoms with van der Waals surface area (Å²) in [6.07, 6.45) is 3.86. The largest absolute Gasteiger partial charge is 0.393 e. The van der Waals surface area contributed by atoms with Crippen molar-refractivity contribution in [1.82, 2.24) is 15.1 Å². The molecule has 23 heavy (non-hydrogen) atoms. The van der Waals surface area contributed by atoms with Crippen LogP contribution in [0, 0.1) is 5.92 Å². The normalized spacial score (nSPS) is 21.5. The maximum atomic E-state index is 12.5. The van der Waals surface area contributed by atoms with Crippen molar-refractivity contribution in [2.24, 2.45) is 5.92 Å². The van der Waals surface area contributed by atoms with Crippen molar-refractivity contribution in [2.45, 2.75) is 44.9 Å². The molecule has 0 aliphatic heterocycles. The molecule has 1 atom stereocenters. The molecule has 122 valence electrons. The first-order chi connectivity index (χ1) is 11.2. The zero-order valence-corrected chi connectivity index (χ0v) is 13.4. The molecule has 1 heterocycles. The second-order valence-corrected chi connectivity index (χ2v) is 6.21. The van der Waals surface area contributed by atoms with Gasteiger partial charge in [0.2, 0.25) is 0 Å². The molecular weight excluding hydrogens is 290 g/mol. The topological polar surface area (TPSA) is 67.2 Å². The predicted molar refractivity (Wildman–Crippen MR) is 88.0 cm³/mol. The summed E-state index contributed by atoms with van der Waals surface area (Å²) in [5.41, 5.74) is 1.64. The zero-order valence-electron chi connectivity index (χ0n) is 13.4. The molecule has 2 aromatic rings. The van der Waals surface area contributed by atoms with Gasteiger partial charge in [-0.25, -0.2) is 0 Å². The van der Waals surface area contributed by atoms with Crippen LogP contribution < -0.4 is 5.32 Å². The number of aromatic nitrogens is 2. The van der Waals surface area contributed by atoms with Crippen molar-refractivity contribution in [1.29, 1.82) is 0 Å². The van der Waals surface area contributed by atoms with Crippen LogP contribution in [-0.4, -0.2) is 32.9 Å². The number of aryl methyl sites for hydroxylation is 1. The first kappa shape index (κ1) is 15.7. The molecule has 5 heteroatoms. The Bertz CT molecular complexity index is 647. The van der Waals surface area contributed by atoms with Crippen LogP contribution in [0.15, 0.2) is 42.6 Å². The van der Waals surface area contributed by atoms with E-state index in [0.29, 0.717) is 11.6 Å². The van der Waals surface area contributed by atoms with Gasteiger partial charge in [0.1, 0.15) is 5.69 Å². The summed E-state index contributed by atoms with van der Waals surface area (Å²) < 4.78 is 1.74. The predicted octanol–water partition coefficient (Wildman–Crippen LogP) is 2.01. The summed E-state index contributed by atoms with van der Waals surface area (Å²) in [6, 6.07) is 11.9. The smallest absolute Gasteiger partial charge is 0.272 e. The highest BCUT2D eigenvalue weighted by atomic mass is 16.3. The quantitative estimate of drug-likeness (QED) is 0.857. The number of amides is 1. The van der Waals surface area contributed by atoms with Crippen LogP contribution >= 0.6 is 0 Å². The van der Waals surface area contributed by atoms with Crippen LogP contribution in [0.1, 0.15) is 35.8 Å². The fraction of sp³-hybridized carbons (Fsp3) is 0.444. The summed E-state index contributed by atoms with van der Waals surface area (Å²) in [4.78, 5) is 12.5. The number of aliphatic hydroxyl groups excluding tert-OH is 1. The summed E-state index contributed by atoms with van der Waals surface area (Å²) in [5, 5.41) is 17.0. The number of rotatable bonds is 6. The van der Waals surface area contributed by atoms with Gasteiger partial charge in [-0.3, -0.25) is 9.48 Å². The van der Waals surface area contributed by atoms with Gasteiger partial charge < -0.3 is 10.4 Å². The van der Waals surface area contributed by atoms with Gasteiger partial charge >= 0.3 is 0 Å². The second kappa shape index (κ2) is 6.96. The van der Waals surface area contributed by atoms with Crippen LogP contribution in [0.25, 0.3) is 0 Å². The van der Waals surface area contributed by atoms with E-state index in [-0.39, 0.29) is 18.1 Å². The van der Waals surface area contributed by atoms with Gasteiger partial charge in [0.15, 0.2) is 0 Å².